The van der Waals surface area contributed by atoms with E-state index in [1.54, 1.807) is 0 Å². The summed E-state index contributed by atoms with van der Waals surface area (Å²) in [6.07, 6.45) is -3.32. The van der Waals surface area contributed by atoms with Crippen molar-refractivity contribution in [3.8, 4) is 5.75 Å². The van der Waals surface area contributed by atoms with Crippen LogP contribution in [-0.2, 0) is 0 Å². The van der Waals surface area contributed by atoms with Crippen molar-refractivity contribution in [1.29, 1.82) is 0 Å². The topological polar surface area (TPSA) is 84.6 Å². The number of methoxy groups -OCH3 is 1. The zero-order chi connectivity index (χ0) is 17.2. The number of rotatable bonds is 4. The maximum atomic E-state index is 12.7. The van der Waals surface area contributed by atoms with Gasteiger partial charge in [-0.1, -0.05) is 0 Å². The maximum absolute atomic E-state index is 12.7. The Bertz CT molecular complexity index is 582. The number of nitrogen functional groups attached to an aromatic ring is 1. The van der Waals surface area contributed by atoms with Crippen LogP contribution in [0.5, 0.6) is 5.75 Å². The van der Waals surface area contributed by atoms with Crippen LogP contribution in [0.3, 0.4) is 0 Å². The predicted molar refractivity (Wildman–Crippen MR) is 79.8 cm³/mol. The highest BCUT2D eigenvalue weighted by Crippen LogP contribution is 2.39. The summed E-state index contributed by atoms with van der Waals surface area (Å²) in [5, 5.41) is 12.2. The molecule has 8 heteroatoms. The number of hydrogen-bond acceptors (Lipinski definition) is 4. The van der Waals surface area contributed by atoms with Crippen molar-refractivity contribution >= 4 is 17.3 Å². The van der Waals surface area contributed by atoms with Crippen LogP contribution in [-0.4, -0.2) is 30.4 Å². The molecule has 23 heavy (non-hydrogen) atoms. The maximum Gasteiger partial charge on any atom is 0.391 e. The number of anilines is 2. The van der Waals surface area contributed by atoms with Gasteiger partial charge in [-0.25, -0.2) is 4.79 Å². The molecule has 0 bridgehead atoms. The minimum atomic E-state index is -4.15. The molecule has 1 aliphatic carbocycles. The summed E-state index contributed by atoms with van der Waals surface area (Å²) in [6, 6.07) is 2.59. The Morgan fingerprint density at radius 1 is 1.30 bits per heavy atom. The van der Waals surface area contributed by atoms with Gasteiger partial charge in [0, 0.05) is 12.1 Å². The fourth-order valence-corrected chi connectivity index (χ4v) is 2.84. The Kier molecular flexibility index (Phi) is 4.91. The summed E-state index contributed by atoms with van der Waals surface area (Å²) in [5.41, 5.74) is 6.51. The van der Waals surface area contributed by atoms with E-state index in [1.165, 1.54) is 19.2 Å². The van der Waals surface area contributed by atoms with Crippen molar-refractivity contribution in [2.24, 2.45) is 5.92 Å². The molecule has 1 fully saturated rings. The van der Waals surface area contributed by atoms with Gasteiger partial charge >= 0.3 is 12.1 Å². The second-order valence-electron chi connectivity index (χ2n) is 5.68. The average Bonchev–Trinajstić information content (AvgIpc) is 2.48. The smallest absolute Gasteiger partial charge is 0.391 e. The highest BCUT2D eigenvalue weighted by Gasteiger charge is 2.41. The molecule has 1 aromatic rings. The average molecular weight is 332 g/mol. The van der Waals surface area contributed by atoms with Crippen LogP contribution >= 0.6 is 0 Å². The highest BCUT2D eigenvalue weighted by atomic mass is 19.4. The van der Waals surface area contributed by atoms with Crippen molar-refractivity contribution in [3.63, 3.8) is 0 Å². The van der Waals surface area contributed by atoms with Crippen LogP contribution in [0.25, 0.3) is 0 Å². The zero-order valence-electron chi connectivity index (χ0n) is 12.6. The Balaban J connectivity index is 2.09. The predicted octanol–water partition coefficient (Wildman–Crippen LogP) is 3.51. The molecule has 0 aliphatic heterocycles. The molecule has 0 heterocycles. The van der Waals surface area contributed by atoms with Gasteiger partial charge in [0.15, 0.2) is 0 Å². The summed E-state index contributed by atoms with van der Waals surface area (Å²) < 4.78 is 43.0. The number of benzene rings is 1. The number of ether oxygens (including phenoxy) is 1. The number of nitrogens with one attached hydrogen (secondary N) is 1. The Morgan fingerprint density at radius 3 is 2.39 bits per heavy atom. The van der Waals surface area contributed by atoms with Crippen molar-refractivity contribution in [2.75, 3.05) is 18.2 Å². The molecule has 2 rings (SSSR count). The van der Waals surface area contributed by atoms with Gasteiger partial charge in [-0.05, 0) is 31.7 Å². The first-order valence-electron chi connectivity index (χ1n) is 7.26. The highest BCUT2D eigenvalue weighted by molar-refractivity contribution is 5.94. The van der Waals surface area contributed by atoms with Gasteiger partial charge in [-0.2, -0.15) is 13.2 Å². The van der Waals surface area contributed by atoms with E-state index in [2.05, 4.69) is 5.32 Å². The van der Waals surface area contributed by atoms with Gasteiger partial charge < -0.3 is 20.9 Å². The first kappa shape index (κ1) is 17.2. The number of carbonyl (C=O) groups is 1. The lowest BCUT2D eigenvalue weighted by molar-refractivity contribution is -0.182. The fraction of sp³-hybridized carbons (Fsp3) is 0.533. The van der Waals surface area contributed by atoms with Crippen molar-refractivity contribution < 1.29 is 27.8 Å². The molecule has 5 nitrogen and oxygen atoms in total. The largest absolute Gasteiger partial charge is 0.496 e. The lowest BCUT2D eigenvalue weighted by atomic mass is 9.85. The van der Waals surface area contributed by atoms with Gasteiger partial charge in [0.1, 0.15) is 11.3 Å². The third-order valence-electron chi connectivity index (χ3n) is 4.15. The molecule has 1 saturated carbocycles. The Morgan fingerprint density at radius 2 is 1.91 bits per heavy atom. The number of aromatic carboxylic acids is 1. The number of hydrogen-bond donors (Lipinski definition) is 3. The summed E-state index contributed by atoms with van der Waals surface area (Å²) in [7, 11) is 1.34. The van der Waals surface area contributed by atoms with Crippen LogP contribution in [0.2, 0.25) is 0 Å². The molecular weight excluding hydrogens is 313 g/mol. The van der Waals surface area contributed by atoms with Gasteiger partial charge in [0.05, 0.1) is 24.4 Å². The van der Waals surface area contributed by atoms with E-state index in [0.29, 0.717) is 24.2 Å². The summed E-state index contributed by atoms with van der Waals surface area (Å²) in [5.74, 6) is -2.28. The SMILES string of the molecule is COc1cc(N)c(N[C@H]2CC[C@H](C(F)(F)F)CC2)cc1C(=O)O. The molecule has 0 amide bonds. The summed E-state index contributed by atoms with van der Waals surface area (Å²) in [4.78, 5) is 11.2. The van der Waals surface area contributed by atoms with E-state index in [4.69, 9.17) is 15.6 Å². The molecule has 0 saturated heterocycles. The molecule has 1 aromatic carbocycles. The summed E-state index contributed by atoms with van der Waals surface area (Å²) in [6.45, 7) is 0. The molecule has 0 unspecified atom stereocenters. The number of alkyl halides is 3. The van der Waals surface area contributed by atoms with E-state index >= 15 is 0 Å². The lowest BCUT2D eigenvalue weighted by Gasteiger charge is -2.31. The number of carboxylic acids is 1. The number of nitrogens with two attached hydrogens (primary N) is 1. The van der Waals surface area contributed by atoms with Crippen molar-refractivity contribution in [1.82, 2.24) is 0 Å². The van der Waals surface area contributed by atoms with E-state index in [0.717, 1.165) is 0 Å². The van der Waals surface area contributed by atoms with Gasteiger partial charge in [0.25, 0.3) is 0 Å². The molecule has 0 atom stereocenters. The standard InChI is InChI=1S/C15H19F3N2O3/c1-23-13-7-11(19)12(6-10(13)14(21)22)20-9-4-2-8(3-5-9)15(16,17)18/h6-9,20H,2-5,19H2,1H3,(H,21,22)/t8-,9-. The second kappa shape index (κ2) is 6.55. The molecule has 0 radical (unpaired) electrons. The van der Waals surface area contributed by atoms with Crippen LogP contribution < -0.4 is 15.8 Å². The van der Waals surface area contributed by atoms with Gasteiger partial charge in [-0.3, -0.25) is 0 Å². The molecule has 4 N–H and O–H groups in total. The molecule has 128 valence electrons. The van der Waals surface area contributed by atoms with Crippen LogP contribution in [0.4, 0.5) is 24.5 Å². The summed E-state index contributed by atoms with van der Waals surface area (Å²) >= 11 is 0. The van der Waals surface area contributed by atoms with Gasteiger partial charge in [-0.15, -0.1) is 0 Å². The van der Waals surface area contributed by atoms with E-state index in [9.17, 15) is 18.0 Å². The Labute approximate surface area is 131 Å². The molecule has 0 aromatic heterocycles. The Hall–Kier alpha value is -2.12. The van der Waals surface area contributed by atoms with E-state index in [1.807, 2.05) is 0 Å². The first-order valence-corrected chi connectivity index (χ1v) is 7.26. The van der Waals surface area contributed by atoms with E-state index < -0.39 is 18.1 Å². The zero-order valence-corrected chi connectivity index (χ0v) is 12.6. The lowest BCUT2D eigenvalue weighted by Crippen LogP contribution is -2.33. The van der Waals surface area contributed by atoms with Gasteiger partial charge in [0.2, 0.25) is 0 Å². The minimum absolute atomic E-state index is 0.0480. The monoisotopic (exact) mass is 332 g/mol. The van der Waals surface area contributed by atoms with E-state index in [-0.39, 0.29) is 30.2 Å². The minimum Gasteiger partial charge on any atom is -0.496 e. The third-order valence-corrected chi connectivity index (χ3v) is 4.15. The molecular formula is C15H19F3N2O3. The first-order chi connectivity index (χ1) is 10.7. The number of carboxylic acid groups (broad SMARTS) is 1. The molecule has 1 aliphatic rings. The fourth-order valence-electron chi connectivity index (χ4n) is 2.84. The third kappa shape index (κ3) is 4.00. The normalized spacial score (nSPS) is 21.7. The van der Waals surface area contributed by atoms with Crippen LogP contribution in [0.1, 0.15) is 36.0 Å². The number of halogens is 3. The van der Waals surface area contributed by atoms with Crippen molar-refractivity contribution in [2.45, 2.75) is 37.9 Å². The van der Waals surface area contributed by atoms with Crippen LogP contribution in [0, 0.1) is 5.92 Å². The van der Waals surface area contributed by atoms with Crippen LogP contribution in [0.15, 0.2) is 12.1 Å². The quantitative estimate of drug-likeness (QED) is 0.735. The second-order valence-corrected chi connectivity index (χ2v) is 5.68. The van der Waals surface area contributed by atoms with Crippen molar-refractivity contribution in [3.05, 3.63) is 17.7 Å². The molecule has 0 spiro atoms.